The predicted octanol–water partition coefficient (Wildman–Crippen LogP) is 2.75. The lowest BCUT2D eigenvalue weighted by atomic mass is 10.1. The second-order valence-corrected chi connectivity index (χ2v) is 5.18. The van der Waals surface area contributed by atoms with Crippen LogP contribution in [0.3, 0.4) is 0 Å². The number of benzene rings is 1. The summed E-state index contributed by atoms with van der Waals surface area (Å²) in [4.78, 5) is 5.87. The molecule has 0 saturated heterocycles. The van der Waals surface area contributed by atoms with Crippen LogP contribution in [0.4, 0.5) is 10.1 Å². The van der Waals surface area contributed by atoms with E-state index in [9.17, 15) is 4.39 Å². The summed E-state index contributed by atoms with van der Waals surface area (Å²) < 4.78 is 14.2. The van der Waals surface area contributed by atoms with Gasteiger partial charge in [0.25, 0.3) is 0 Å². The number of nitrogens with zero attached hydrogens (tertiary/aromatic N) is 2. The maximum Gasteiger partial charge on any atom is 0.146 e. The van der Waals surface area contributed by atoms with E-state index in [0.717, 1.165) is 11.1 Å². The number of pyridine rings is 1. The Hall–Kier alpha value is -1.94. The van der Waals surface area contributed by atoms with Gasteiger partial charge in [0, 0.05) is 32.0 Å². The first kappa shape index (κ1) is 14.5. The van der Waals surface area contributed by atoms with E-state index in [-0.39, 0.29) is 11.9 Å². The molecule has 20 heavy (non-hydrogen) atoms. The third-order valence-electron chi connectivity index (χ3n) is 3.15. The van der Waals surface area contributed by atoms with E-state index in [1.54, 1.807) is 18.5 Å². The molecule has 0 fully saturated rings. The summed E-state index contributed by atoms with van der Waals surface area (Å²) in [6, 6.07) is 9.22. The zero-order chi connectivity index (χ0) is 14.5. The lowest BCUT2D eigenvalue weighted by Crippen LogP contribution is -2.19. The van der Waals surface area contributed by atoms with Crippen molar-refractivity contribution in [1.29, 1.82) is 0 Å². The van der Waals surface area contributed by atoms with Gasteiger partial charge >= 0.3 is 0 Å². The number of halogens is 1. The fraction of sp³-hybridized carbons (Fsp3) is 0.312. The van der Waals surface area contributed by atoms with Gasteiger partial charge < -0.3 is 10.6 Å². The second kappa shape index (κ2) is 6.48. The smallest absolute Gasteiger partial charge is 0.146 e. The number of nitrogens with two attached hydrogens (primary N) is 1. The number of hydrogen-bond donors (Lipinski definition) is 1. The van der Waals surface area contributed by atoms with Crippen molar-refractivity contribution in [3.63, 3.8) is 0 Å². The van der Waals surface area contributed by atoms with Crippen LogP contribution in [0.5, 0.6) is 0 Å². The van der Waals surface area contributed by atoms with Crippen LogP contribution in [0.2, 0.25) is 0 Å². The van der Waals surface area contributed by atoms with Crippen LogP contribution >= 0.6 is 0 Å². The topological polar surface area (TPSA) is 42.1 Å². The largest absolute Gasteiger partial charge is 0.368 e. The van der Waals surface area contributed by atoms with Gasteiger partial charge in [-0.3, -0.25) is 4.98 Å². The minimum Gasteiger partial charge on any atom is -0.368 e. The molecule has 106 valence electrons. The summed E-state index contributed by atoms with van der Waals surface area (Å²) in [5, 5.41) is 0. The van der Waals surface area contributed by atoms with E-state index in [0.29, 0.717) is 18.7 Å². The predicted molar refractivity (Wildman–Crippen MR) is 80.1 cm³/mol. The minimum atomic E-state index is -0.209. The molecule has 1 unspecified atom stereocenters. The molecule has 0 spiro atoms. The van der Waals surface area contributed by atoms with E-state index in [1.165, 1.54) is 0 Å². The zero-order valence-electron chi connectivity index (χ0n) is 11.9. The molecule has 0 aliphatic heterocycles. The lowest BCUT2D eigenvalue weighted by Gasteiger charge is -2.20. The van der Waals surface area contributed by atoms with Crippen molar-refractivity contribution < 1.29 is 4.39 Å². The fourth-order valence-corrected chi connectivity index (χ4v) is 2.21. The molecule has 4 heteroatoms. The summed E-state index contributed by atoms with van der Waals surface area (Å²) in [5.74, 6) is -0.209. The molecule has 1 atom stereocenters. The molecule has 2 N–H and O–H groups in total. The first-order chi connectivity index (χ1) is 9.56. The van der Waals surface area contributed by atoms with Gasteiger partial charge in [-0.15, -0.1) is 0 Å². The van der Waals surface area contributed by atoms with Crippen LogP contribution in [0, 0.1) is 5.82 Å². The first-order valence-corrected chi connectivity index (χ1v) is 6.70. The molecule has 1 heterocycles. The highest BCUT2D eigenvalue weighted by Gasteiger charge is 2.09. The van der Waals surface area contributed by atoms with E-state index >= 15 is 0 Å². The van der Waals surface area contributed by atoms with Crippen LogP contribution in [0.25, 0.3) is 0 Å². The van der Waals surface area contributed by atoms with E-state index in [4.69, 9.17) is 5.73 Å². The summed E-state index contributed by atoms with van der Waals surface area (Å²) in [5.41, 5.74) is 8.36. The normalized spacial score (nSPS) is 12.2. The second-order valence-electron chi connectivity index (χ2n) is 5.18. The van der Waals surface area contributed by atoms with Crippen molar-refractivity contribution in [1.82, 2.24) is 4.98 Å². The van der Waals surface area contributed by atoms with Crippen molar-refractivity contribution in [2.75, 3.05) is 11.9 Å². The van der Waals surface area contributed by atoms with Crippen LogP contribution in [0.15, 0.2) is 42.7 Å². The third-order valence-corrected chi connectivity index (χ3v) is 3.15. The van der Waals surface area contributed by atoms with Crippen molar-refractivity contribution in [2.24, 2.45) is 5.73 Å². The summed E-state index contributed by atoms with van der Waals surface area (Å²) in [7, 11) is 1.88. The number of rotatable bonds is 5. The molecule has 1 aromatic heterocycles. The summed E-state index contributed by atoms with van der Waals surface area (Å²) in [6.07, 6.45) is 4.17. The third kappa shape index (κ3) is 3.78. The van der Waals surface area contributed by atoms with Crippen molar-refractivity contribution in [3.8, 4) is 0 Å². The fourth-order valence-electron chi connectivity index (χ4n) is 2.21. The Morgan fingerprint density at radius 3 is 2.50 bits per heavy atom. The van der Waals surface area contributed by atoms with Crippen molar-refractivity contribution in [3.05, 3.63) is 59.7 Å². The van der Waals surface area contributed by atoms with Crippen molar-refractivity contribution in [2.45, 2.75) is 25.9 Å². The van der Waals surface area contributed by atoms with Crippen LogP contribution in [0.1, 0.15) is 18.1 Å². The monoisotopic (exact) mass is 273 g/mol. The van der Waals surface area contributed by atoms with Gasteiger partial charge in [0.2, 0.25) is 0 Å². The molecule has 2 aromatic rings. The Morgan fingerprint density at radius 2 is 1.90 bits per heavy atom. The number of anilines is 1. The molecule has 2 rings (SSSR count). The van der Waals surface area contributed by atoms with Crippen LogP contribution < -0.4 is 10.6 Å². The highest BCUT2D eigenvalue weighted by molar-refractivity contribution is 5.49. The van der Waals surface area contributed by atoms with Gasteiger partial charge in [-0.05, 0) is 48.7 Å². The molecule has 1 aromatic carbocycles. The molecule has 0 aliphatic rings. The van der Waals surface area contributed by atoms with Gasteiger partial charge in [0.1, 0.15) is 5.82 Å². The molecule has 0 saturated carbocycles. The molecule has 0 bridgehead atoms. The van der Waals surface area contributed by atoms with Gasteiger partial charge in [0.05, 0.1) is 5.69 Å². The Labute approximate surface area is 119 Å². The maximum absolute atomic E-state index is 14.2. The highest BCUT2D eigenvalue weighted by Crippen LogP contribution is 2.21. The molecule has 0 amide bonds. The minimum absolute atomic E-state index is 0.0369. The zero-order valence-corrected chi connectivity index (χ0v) is 11.9. The quantitative estimate of drug-likeness (QED) is 0.911. The molecule has 3 nitrogen and oxygen atoms in total. The van der Waals surface area contributed by atoms with Crippen LogP contribution in [-0.2, 0) is 13.0 Å². The first-order valence-electron chi connectivity index (χ1n) is 6.70. The Morgan fingerprint density at radius 1 is 1.20 bits per heavy atom. The molecule has 0 aliphatic carbocycles. The van der Waals surface area contributed by atoms with Crippen LogP contribution in [-0.4, -0.2) is 18.1 Å². The average Bonchev–Trinajstić information content (AvgIpc) is 2.39. The van der Waals surface area contributed by atoms with E-state index < -0.39 is 0 Å². The van der Waals surface area contributed by atoms with Gasteiger partial charge in [-0.2, -0.15) is 0 Å². The maximum atomic E-state index is 14.2. The average molecular weight is 273 g/mol. The van der Waals surface area contributed by atoms with Gasteiger partial charge in [0.15, 0.2) is 0 Å². The SMILES string of the molecule is CC(N)Cc1ccc(N(C)Cc2ccncc2)c(F)c1. The molecular weight excluding hydrogens is 253 g/mol. The highest BCUT2D eigenvalue weighted by atomic mass is 19.1. The molecular formula is C16H20FN3. The standard InChI is InChI=1S/C16H20FN3/c1-12(18)9-14-3-4-16(15(17)10-14)20(2)11-13-5-7-19-8-6-13/h3-8,10,12H,9,11,18H2,1-2H3. The van der Waals surface area contributed by atoms with E-state index in [1.807, 2.05) is 43.1 Å². The summed E-state index contributed by atoms with van der Waals surface area (Å²) in [6.45, 7) is 2.56. The van der Waals surface area contributed by atoms with Gasteiger partial charge in [-0.25, -0.2) is 4.39 Å². The Bertz CT molecular complexity index is 555. The Kier molecular flexibility index (Phi) is 4.69. The van der Waals surface area contributed by atoms with E-state index in [2.05, 4.69) is 4.98 Å². The summed E-state index contributed by atoms with van der Waals surface area (Å²) >= 11 is 0. The lowest BCUT2D eigenvalue weighted by molar-refractivity contribution is 0.617. The van der Waals surface area contributed by atoms with Crippen molar-refractivity contribution >= 4 is 5.69 Å². The molecule has 0 radical (unpaired) electrons. The Balaban J connectivity index is 2.12. The number of aromatic nitrogens is 1. The number of hydrogen-bond acceptors (Lipinski definition) is 3. The van der Waals surface area contributed by atoms with Gasteiger partial charge in [-0.1, -0.05) is 6.07 Å².